The maximum absolute atomic E-state index is 12.4. The van der Waals surface area contributed by atoms with Gasteiger partial charge in [-0.1, -0.05) is 69.4 Å². The molecule has 29 heavy (non-hydrogen) atoms. The molecule has 3 rings (SSSR count). The maximum atomic E-state index is 12.4. The van der Waals surface area contributed by atoms with Crippen molar-refractivity contribution in [2.75, 3.05) is 25.2 Å². The lowest BCUT2D eigenvalue weighted by atomic mass is 10.2. The molecule has 2 aromatic carbocycles. The van der Waals surface area contributed by atoms with E-state index in [1.165, 1.54) is 23.1 Å². The molecule has 0 aliphatic rings. The molecule has 0 atom stereocenters. The predicted molar refractivity (Wildman–Crippen MR) is 122 cm³/mol. The number of halogens is 1. The highest BCUT2D eigenvalue weighted by molar-refractivity contribution is 9.10. The summed E-state index contributed by atoms with van der Waals surface area (Å²) in [4.78, 5) is 14.1. The molecular weight excluding hydrogens is 472 g/mol. The average Bonchev–Trinajstić information content (AvgIpc) is 3.20. The Bertz CT molecular complexity index is 950. The first-order valence-electron chi connectivity index (χ1n) is 8.85. The second kappa shape index (κ2) is 10.6. The van der Waals surface area contributed by atoms with Crippen molar-refractivity contribution >= 4 is 50.1 Å². The van der Waals surface area contributed by atoms with E-state index in [0.717, 1.165) is 30.8 Å². The molecule has 1 N–H and O–H groups in total. The topological polar surface area (TPSA) is 67.3 Å². The maximum Gasteiger partial charge on any atom is 0.233 e. The molecule has 3 aromatic rings. The number of benzene rings is 2. The number of aromatic nitrogens is 2. The molecule has 0 fully saturated rings. The van der Waals surface area contributed by atoms with Gasteiger partial charge in [0.05, 0.1) is 12.9 Å². The third kappa shape index (κ3) is 6.45. The van der Waals surface area contributed by atoms with Gasteiger partial charge in [0.1, 0.15) is 5.75 Å². The van der Waals surface area contributed by atoms with Crippen LogP contribution in [0.1, 0.15) is 11.1 Å². The summed E-state index contributed by atoms with van der Waals surface area (Å²) in [5, 5.41) is 12.3. The van der Waals surface area contributed by atoms with Crippen LogP contribution >= 0.6 is 39.0 Å². The quantitative estimate of drug-likeness (QED) is 0.437. The Labute approximate surface area is 186 Å². The Morgan fingerprint density at radius 3 is 2.69 bits per heavy atom. The van der Waals surface area contributed by atoms with Gasteiger partial charge < -0.3 is 15.0 Å². The van der Waals surface area contributed by atoms with E-state index < -0.39 is 0 Å². The fourth-order valence-electron chi connectivity index (χ4n) is 2.46. The van der Waals surface area contributed by atoms with E-state index in [2.05, 4.69) is 31.4 Å². The van der Waals surface area contributed by atoms with Gasteiger partial charge in [0.2, 0.25) is 11.0 Å². The number of nitrogens with zero attached hydrogens (tertiary/aromatic N) is 3. The summed E-state index contributed by atoms with van der Waals surface area (Å²) in [6, 6.07) is 15.8. The van der Waals surface area contributed by atoms with Crippen LogP contribution in [0.15, 0.2) is 57.3 Å². The summed E-state index contributed by atoms with van der Waals surface area (Å²) < 4.78 is 6.93. The minimum atomic E-state index is 0.0497. The van der Waals surface area contributed by atoms with Gasteiger partial charge >= 0.3 is 0 Å². The Morgan fingerprint density at radius 2 is 1.97 bits per heavy atom. The highest BCUT2D eigenvalue weighted by Gasteiger charge is 2.13. The highest BCUT2D eigenvalue weighted by atomic mass is 79.9. The third-order valence-corrected chi connectivity index (χ3v) is 6.89. The molecule has 0 spiro atoms. The van der Waals surface area contributed by atoms with Crippen LogP contribution in [-0.2, 0) is 17.9 Å². The molecule has 1 aromatic heterocycles. The Morgan fingerprint density at radius 1 is 1.21 bits per heavy atom. The van der Waals surface area contributed by atoms with Gasteiger partial charge in [0.25, 0.3) is 0 Å². The van der Waals surface area contributed by atoms with Crippen molar-refractivity contribution < 1.29 is 9.53 Å². The standard InChI is InChI=1S/C20H21BrN4O2S2/c1-25(12-15-5-3-4-6-17(15)21)18(26)13-28-20-24-23-19(29-20)22-11-14-7-9-16(27-2)10-8-14/h3-10H,11-13H2,1-2H3,(H,22,23). The lowest BCUT2D eigenvalue weighted by molar-refractivity contribution is -0.127. The number of hydrogen-bond donors (Lipinski definition) is 1. The fourth-order valence-corrected chi connectivity index (χ4v) is 4.56. The zero-order valence-electron chi connectivity index (χ0n) is 16.1. The molecule has 0 radical (unpaired) electrons. The molecule has 1 heterocycles. The third-order valence-electron chi connectivity index (χ3n) is 4.12. The van der Waals surface area contributed by atoms with Crippen LogP contribution in [0.25, 0.3) is 0 Å². The van der Waals surface area contributed by atoms with E-state index >= 15 is 0 Å². The summed E-state index contributed by atoms with van der Waals surface area (Å²) in [7, 11) is 3.46. The number of rotatable bonds is 9. The van der Waals surface area contributed by atoms with Crippen molar-refractivity contribution in [3.63, 3.8) is 0 Å². The van der Waals surface area contributed by atoms with Crippen LogP contribution in [0, 0.1) is 0 Å². The van der Waals surface area contributed by atoms with Crippen LogP contribution in [0.4, 0.5) is 5.13 Å². The summed E-state index contributed by atoms with van der Waals surface area (Å²) >= 11 is 6.37. The van der Waals surface area contributed by atoms with Crippen molar-refractivity contribution in [3.05, 3.63) is 64.1 Å². The fraction of sp³-hybridized carbons (Fsp3) is 0.250. The van der Waals surface area contributed by atoms with E-state index in [1.807, 2.05) is 55.6 Å². The van der Waals surface area contributed by atoms with Gasteiger partial charge in [0.15, 0.2) is 4.34 Å². The van der Waals surface area contributed by atoms with Gasteiger partial charge in [-0.2, -0.15) is 0 Å². The van der Waals surface area contributed by atoms with Crippen LogP contribution in [0.3, 0.4) is 0 Å². The van der Waals surface area contributed by atoms with E-state index in [9.17, 15) is 4.79 Å². The SMILES string of the molecule is COc1ccc(CNc2nnc(SCC(=O)N(C)Cc3ccccc3Br)s2)cc1. The summed E-state index contributed by atoms with van der Waals surface area (Å²) in [6.07, 6.45) is 0. The zero-order chi connectivity index (χ0) is 20.6. The van der Waals surface area contributed by atoms with Gasteiger partial charge in [0, 0.05) is 24.6 Å². The first-order valence-corrected chi connectivity index (χ1v) is 11.4. The van der Waals surface area contributed by atoms with Crippen LogP contribution in [0.5, 0.6) is 5.75 Å². The van der Waals surface area contributed by atoms with Gasteiger partial charge in [-0.25, -0.2) is 0 Å². The van der Waals surface area contributed by atoms with E-state index in [-0.39, 0.29) is 5.91 Å². The molecule has 0 bridgehead atoms. The largest absolute Gasteiger partial charge is 0.497 e. The second-order valence-electron chi connectivity index (χ2n) is 6.20. The monoisotopic (exact) mass is 492 g/mol. The van der Waals surface area contributed by atoms with E-state index in [0.29, 0.717) is 18.8 Å². The van der Waals surface area contributed by atoms with Crippen LogP contribution in [0.2, 0.25) is 0 Å². The second-order valence-corrected chi connectivity index (χ2v) is 9.26. The summed E-state index contributed by atoms with van der Waals surface area (Å²) in [5.41, 5.74) is 2.20. The highest BCUT2D eigenvalue weighted by Crippen LogP contribution is 2.26. The molecule has 0 unspecified atom stereocenters. The van der Waals surface area contributed by atoms with Gasteiger partial charge in [-0.05, 0) is 29.3 Å². The summed E-state index contributed by atoms with van der Waals surface area (Å²) in [6.45, 7) is 1.21. The number of thioether (sulfide) groups is 1. The van der Waals surface area contributed by atoms with Crippen molar-refractivity contribution in [3.8, 4) is 5.75 Å². The molecule has 6 nitrogen and oxygen atoms in total. The van der Waals surface area contributed by atoms with Crippen molar-refractivity contribution in [2.45, 2.75) is 17.4 Å². The smallest absolute Gasteiger partial charge is 0.233 e. The molecule has 152 valence electrons. The molecular formula is C20H21BrN4O2S2. The molecule has 9 heteroatoms. The molecule has 0 aliphatic heterocycles. The lowest BCUT2D eigenvalue weighted by Gasteiger charge is -2.17. The Kier molecular flexibility index (Phi) is 7.91. The number of methoxy groups -OCH3 is 1. The number of nitrogens with one attached hydrogen (secondary N) is 1. The van der Waals surface area contributed by atoms with Gasteiger partial charge in [-0.15, -0.1) is 10.2 Å². The predicted octanol–water partition coefficient (Wildman–Crippen LogP) is 4.67. The molecule has 0 saturated heterocycles. The zero-order valence-corrected chi connectivity index (χ0v) is 19.3. The van der Waals surface area contributed by atoms with Crippen molar-refractivity contribution in [2.24, 2.45) is 0 Å². The molecule has 0 saturated carbocycles. The number of anilines is 1. The van der Waals surface area contributed by atoms with E-state index in [4.69, 9.17) is 4.74 Å². The Hall–Kier alpha value is -2.10. The first-order chi connectivity index (χ1) is 14.0. The van der Waals surface area contributed by atoms with E-state index in [1.54, 1.807) is 12.0 Å². The lowest BCUT2D eigenvalue weighted by Crippen LogP contribution is -2.27. The average molecular weight is 493 g/mol. The number of carbonyl (C=O) groups is 1. The number of amides is 1. The van der Waals surface area contributed by atoms with Gasteiger partial charge in [-0.3, -0.25) is 4.79 Å². The number of ether oxygens (including phenoxy) is 1. The van der Waals surface area contributed by atoms with Crippen LogP contribution in [-0.4, -0.2) is 40.9 Å². The van der Waals surface area contributed by atoms with Crippen molar-refractivity contribution in [1.29, 1.82) is 0 Å². The molecule has 0 aliphatic carbocycles. The number of hydrogen-bond acceptors (Lipinski definition) is 7. The molecule has 1 amide bonds. The minimum Gasteiger partial charge on any atom is -0.497 e. The van der Waals surface area contributed by atoms with Crippen LogP contribution < -0.4 is 10.1 Å². The Balaban J connectivity index is 1.45. The first kappa shape index (κ1) is 21.6. The number of carbonyl (C=O) groups excluding carboxylic acids is 1. The van der Waals surface area contributed by atoms with Crippen molar-refractivity contribution in [1.82, 2.24) is 15.1 Å². The normalized spacial score (nSPS) is 10.6. The minimum absolute atomic E-state index is 0.0497. The summed E-state index contributed by atoms with van der Waals surface area (Å²) in [5.74, 6) is 1.21.